The first-order valence-corrected chi connectivity index (χ1v) is 7.53. The number of hydrogen-bond donors (Lipinski definition) is 2. The number of carbonyl (C=O) groups is 1. The summed E-state index contributed by atoms with van der Waals surface area (Å²) >= 11 is 6.08. The Hall–Kier alpha value is -1.70. The minimum atomic E-state index is 0.0235. The normalized spacial score (nSPS) is 15.6. The zero-order valence-electron chi connectivity index (χ0n) is 12.3. The number of aryl methyl sites for hydroxylation is 1. The van der Waals surface area contributed by atoms with Crippen LogP contribution in [0.25, 0.3) is 0 Å². The standard InChI is InChI=1S/C16H20ClN3O/c1-3-6-18-16(21)12-19-7-9-20(10-8-19)15-11-14(17)5-4-13(15)2/h1,4-5,11H,6-10,12H2,2H3,(H,18,21)/p+1. The van der Waals surface area contributed by atoms with Crippen LogP contribution in [0.3, 0.4) is 0 Å². The predicted octanol–water partition coefficient (Wildman–Crippen LogP) is 0.103. The molecule has 0 atom stereocenters. The molecule has 1 heterocycles. The lowest BCUT2D eigenvalue weighted by Crippen LogP contribution is -3.16. The highest BCUT2D eigenvalue weighted by Crippen LogP contribution is 2.24. The summed E-state index contributed by atoms with van der Waals surface area (Å²) in [5.41, 5.74) is 2.42. The van der Waals surface area contributed by atoms with Crippen molar-refractivity contribution >= 4 is 23.2 Å². The van der Waals surface area contributed by atoms with Crippen LogP contribution in [0.4, 0.5) is 5.69 Å². The van der Waals surface area contributed by atoms with Gasteiger partial charge in [0.05, 0.1) is 32.7 Å². The smallest absolute Gasteiger partial charge is 0.275 e. The van der Waals surface area contributed by atoms with Crippen molar-refractivity contribution in [2.75, 3.05) is 44.2 Å². The summed E-state index contributed by atoms with van der Waals surface area (Å²) in [6.07, 6.45) is 5.13. The molecule has 1 aromatic carbocycles. The molecule has 2 N–H and O–H groups in total. The quantitative estimate of drug-likeness (QED) is 0.775. The summed E-state index contributed by atoms with van der Waals surface area (Å²) in [5, 5.41) is 3.48. The number of halogens is 1. The van der Waals surface area contributed by atoms with Crippen molar-refractivity contribution < 1.29 is 9.69 Å². The van der Waals surface area contributed by atoms with E-state index in [4.69, 9.17) is 18.0 Å². The maximum Gasteiger partial charge on any atom is 0.275 e. The van der Waals surface area contributed by atoms with Crippen LogP contribution in [0.2, 0.25) is 5.02 Å². The lowest BCUT2D eigenvalue weighted by Gasteiger charge is -2.34. The Labute approximate surface area is 131 Å². The van der Waals surface area contributed by atoms with Gasteiger partial charge in [0, 0.05) is 10.7 Å². The lowest BCUT2D eigenvalue weighted by atomic mass is 10.1. The molecular weight excluding hydrogens is 286 g/mol. The zero-order valence-corrected chi connectivity index (χ0v) is 13.0. The number of hydrogen-bond acceptors (Lipinski definition) is 2. The van der Waals surface area contributed by atoms with Gasteiger partial charge in [-0.25, -0.2) is 0 Å². The van der Waals surface area contributed by atoms with Gasteiger partial charge in [0.25, 0.3) is 5.91 Å². The van der Waals surface area contributed by atoms with E-state index < -0.39 is 0 Å². The van der Waals surface area contributed by atoms with Gasteiger partial charge < -0.3 is 15.1 Å². The van der Waals surface area contributed by atoms with Gasteiger partial charge in [-0.3, -0.25) is 4.79 Å². The second-order valence-electron chi connectivity index (χ2n) is 5.33. The van der Waals surface area contributed by atoms with Gasteiger partial charge in [-0.15, -0.1) is 6.42 Å². The molecule has 1 amide bonds. The predicted molar refractivity (Wildman–Crippen MR) is 85.8 cm³/mol. The summed E-state index contributed by atoms with van der Waals surface area (Å²) in [4.78, 5) is 15.3. The van der Waals surface area contributed by atoms with Crippen LogP contribution >= 0.6 is 11.6 Å². The van der Waals surface area contributed by atoms with Gasteiger partial charge in [-0.2, -0.15) is 0 Å². The molecular formula is C16H21ClN3O+. The van der Waals surface area contributed by atoms with Gasteiger partial charge in [-0.05, 0) is 24.6 Å². The molecule has 5 heteroatoms. The maximum absolute atomic E-state index is 11.7. The van der Waals surface area contributed by atoms with Crippen molar-refractivity contribution in [1.82, 2.24) is 5.32 Å². The largest absolute Gasteiger partial charge is 0.360 e. The number of nitrogens with one attached hydrogen (secondary N) is 2. The van der Waals surface area contributed by atoms with E-state index in [9.17, 15) is 4.79 Å². The summed E-state index contributed by atoms with van der Waals surface area (Å²) < 4.78 is 0. The Morgan fingerprint density at radius 2 is 2.19 bits per heavy atom. The molecule has 4 nitrogen and oxygen atoms in total. The van der Waals surface area contributed by atoms with E-state index in [1.54, 1.807) is 0 Å². The van der Waals surface area contributed by atoms with Crippen LogP contribution in [0, 0.1) is 19.3 Å². The molecule has 112 valence electrons. The monoisotopic (exact) mass is 306 g/mol. The first kappa shape index (κ1) is 15.7. The molecule has 1 aliphatic rings. The van der Waals surface area contributed by atoms with Crippen LogP contribution in [0.1, 0.15) is 5.56 Å². The highest BCUT2D eigenvalue weighted by atomic mass is 35.5. The molecule has 0 unspecified atom stereocenters. The molecule has 0 spiro atoms. The molecule has 0 aliphatic carbocycles. The summed E-state index contributed by atoms with van der Waals surface area (Å²) in [5.74, 6) is 2.44. The van der Waals surface area contributed by atoms with Crippen molar-refractivity contribution in [2.45, 2.75) is 6.92 Å². The molecule has 0 radical (unpaired) electrons. The molecule has 1 aromatic rings. The molecule has 2 rings (SSSR count). The second-order valence-corrected chi connectivity index (χ2v) is 5.76. The minimum absolute atomic E-state index is 0.0235. The third kappa shape index (κ3) is 4.38. The number of amides is 1. The fourth-order valence-electron chi connectivity index (χ4n) is 2.60. The summed E-state index contributed by atoms with van der Waals surface area (Å²) in [7, 11) is 0. The Bertz CT molecular complexity index is 545. The zero-order chi connectivity index (χ0) is 15.2. The van der Waals surface area contributed by atoms with Gasteiger partial charge in [-0.1, -0.05) is 23.6 Å². The first-order valence-electron chi connectivity index (χ1n) is 7.15. The number of anilines is 1. The van der Waals surface area contributed by atoms with Crippen LogP contribution in [0.5, 0.6) is 0 Å². The number of quaternary nitrogens is 1. The molecule has 0 aromatic heterocycles. The van der Waals surface area contributed by atoms with Gasteiger partial charge in [0.15, 0.2) is 6.54 Å². The number of piperazine rings is 1. The van der Waals surface area contributed by atoms with E-state index >= 15 is 0 Å². The minimum Gasteiger partial charge on any atom is -0.360 e. The van der Waals surface area contributed by atoms with E-state index in [0.29, 0.717) is 13.1 Å². The SMILES string of the molecule is C#CCNC(=O)C[NH+]1CCN(c2cc(Cl)ccc2C)CC1. The van der Waals surface area contributed by atoms with Crippen LogP contribution in [-0.4, -0.2) is 45.2 Å². The fourth-order valence-corrected chi connectivity index (χ4v) is 2.77. The molecule has 0 saturated carbocycles. The van der Waals surface area contributed by atoms with E-state index in [0.717, 1.165) is 31.2 Å². The number of carbonyl (C=O) groups excluding carboxylic acids is 1. The van der Waals surface area contributed by atoms with Crippen LogP contribution in [0.15, 0.2) is 18.2 Å². The average molecular weight is 307 g/mol. The summed E-state index contributed by atoms with van der Waals surface area (Å²) in [6, 6.07) is 5.98. The molecule has 21 heavy (non-hydrogen) atoms. The second kappa shape index (κ2) is 7.35. The van der Waals surface area contributed by atoms with Crippen molar-refractivity contribution in [3.63, 3.8) is 0 Å². The maximum atomic E-state index is 11.7. The lowest BCUT2D eigenvalue weighted by molar-refractivity contribution is -0.892. The average Bonchev–Trinajstić information content (AvgIpc) is 2.48. The number of benzene rings is 1. The highest BCUT2D eigenvalue weighted by Gasteiger charge is 2.23. The molecule has 1 saturated heterocycles. The Morgan fingerprint density at radius 3 is 2.86 bits per heavy atom. The van der Waals surface area contributed by atoms with Crippen molar-refractivity contribution in [2.24, 2.45) is 0 Å². The molecule has 1 fully saturated rings. The van der Waals surface area contributed by atoms with Gasteiger partial charge in [0.1, 0.15) is 0 Å². The topological polar surface area (TPSA) is 36.8 Å². The molecule has 1 aliphatic heterocycles. The molecule has 0 bridgehead atoms. The van der Waals surface area contributed by atoms with Crippen molar-refractivity contribution in [1.29, 1.82) is 0 Å². The highest BCUT2D eigenvalue weighted by molar-refractivity contribution is 6.30. The van der Waals surface area contributed by atoms with E-state index in [1.165, 1.54) is 16.2 Å². The van der Waals surface area contributed by atoms with Gasteiger partial charge in [0.2, 0.25) is 0 Å². The summed E-state index contributed by atoms with van der Waals surface area (Å²) in [6.45, 7) is 6.63. The first-order chi connectivity index (χ1) is 10.1. The Balaban J connectivity index is 1.87. The van der Waals surface area contributed by atoms with E-state index in [-0.39, 0.29) is 5.91 Å². The van der Waals surface area contributed by atoms with E-state index in [2.05, 4.69) is 23.1 Å². The number of terminal acetylenes is 1. The van der Waals surface area contributed by atoms with Crippen molar-refractivity contribution in [3.05, 3.63) is 28.8 Å². The third-order valence-corrected chi connectivity index (χ3v) is 4.02. The number of rotatable bonds is 4. The fraction of sp³-hybridized carbons (Fsp3) is 0.438. The third-order valence-electron chi connectivity index (χ3n) is 3.78. The number of nitrogens with zero attached hydrogens (tertiary/aromatic N) is 1. The van der Waals surface area contributed by atoms with Crippen molar-refractivity contribution in [3.8, 4) is 12.3 Å². The van der Waals surface area contributed by atoms with Crippen LogP contribution < -0.4 is 15.1 Å². The van der Waals surface area contributed by atoms with Crippen LogP contribution in [-0.2, 0) is 4.79 Å². The van der Waals surface area contributed by atoms with E-state index in [1.807, 2.05) is 18.2 Å². The van der Waals surface area contributed by atoms with Gasteiger partial charge >= 0.3 is 0 Å². The Morgan fingerprint density at radius 1 is 1.48 bits per heavy atom. The Kier molecular flexibility index (Phi) is 5.49.